The zero-order chi connectivity index (χ0) is 56.4. The molecular weight excluding hydrogens is 1030 g/mol. The van der Waals surface area contributed by atoms with Crippen molar-refractivity contribution >= 4 is 33.4 Å². The van der Waals surface area contributed by atoms with Crippen LogP contribution in [-0.2, 0) is 46.3 Å². The Morgan fingerprint density at radius 2 is 1.23 bits per heavy atom. The zero-order valence-corrected chi connectivity index (χ0v) is 46.3. The SMILES string of the molecule is CC/C=C\C/C=C\CC(O)/C=C/C=C\C/C=C\C/C=C\CCC(=O)OC[C@H](COP(=O)(O)OP(=O)(O)OC[C@H]1O[C@@H](n2ccc(N)nc2=O)[C@H](O)[C@@H]1O)OC(=O)CC/C=C\C/C=C\C/C=C\C/C=C\C/C=C\CCCCC. The number of carbonyl (C=O) groups excluding carboxylic acids is 2. The van der Waals surface area contributed by atoms with Crippen LogP contribution in [0.2, 0.25) is 0 Å². The Morgan fingerprint density at radius 3 is 1.82 bits per heavy atom. The molecule has 2 heterocycles. The molecule has 7 N–H and O–H groups in total. The smallest absolute Gasteiger partial charge is 0.462 e. The van der Waals surface area contributed by atoms with E-state index in [-0.39, 0.29) is 25.1 Å². The molecule has 0 bridgehead atoms. The third kappa shape index (κ3) is 34.4. The van der Waals surface area contributed by atoms with Crippen molar-refractivity contribution in [1.82, 2.24) is 9.55 Å². The Labute approximate surface area is 454 Å². The van der Waals surface area contributed by atoms with E-state index in [1.54, 1.807) is 18.2 Å². The summed E-state index contributed by atoms with van der Waals surface area (Å²) in [6, 6.07) is 1.23. The number of esters is 2. The zero-order valence-electron chi connectivity index (χ0n) is 44.6. The number of hydrogen-bond donors (Lipinski definition) is 6. The lowest BCUT2D eigenvalue weighted by atomic mass is 10.1. The van der Waals surface area contributed by atoms with E-state index in [1.807, 2.05) is 66.8 Å². The van der Waals surface area contributed by atoms with Crippen molar-refractivity contribution in [2.45, 2.75) is 160 Å². The first-order valence-corrected chi connectivity index (χ1v) is 29.3. The minimum atomic E-state index is -5.48. The lowest BCUT2D eigenvalue weighted by molar-refractivity contribution is -0.161. The van der Waals surface area contributed by atoms with Crippen LogP contribution in [0.25, 0.3) is 0 Å². The highest BCUT2D eigenvalue weighted by Gasteiger charge is 2.46. The van der Waals surface area contributed by atoms with Crippen molar-refractivity contribution in [1.29, 1.82) is 0 Å². The monoisotopic (exact) mass is 1120 g/mol. The van der Waals surface area contributed by atoms with Gasteiger partial charge in [-0.1, -0.05) is 160 Å². The molecule has 0 aromatic carbocycles. The number of rotatable bonds is 41. The average molecular weight is 1120 g/mol. The second-order valence-electron chi connectivity index (χ2n) is 17.5. The fraction of sp³-hybridized carbons (Fsp3) is 0.500. The predicted molar refractivity (Wildman–Crippen MR) is 299 cm³/mol. The number of unbranched alkanes of at least 4 members (excludes halogenated alkanes) is 3. The van der Waals surface area contributed by atoms with Gasteiger partial charge in [-0.15, -0.1) is 0 Å². The average Bonchev–Trinajstić information content (AvgIpc) is 3.67. The van der Waals surface area contributed by atoms with Gasteiger partial charge in [-0.25, -0.2) is 13.9 Å². The number of phosphoric acid groups is 2. The summed E-state index contributed by atoms with van der Waals surface area (Å²) >= 11 is 0. The molecule has 1 aliphatic rings. The van der Waals surface area contributed by atoms with Gasteiger partial charge in [0.2, 0.25) is 0 Å². The Bertz CT molecular complexity index is 2340. The molecule has 0 aliphatic carbocycles. The minimum absolute atomic E-state index is 0.0456. The van der Waals surface area contributed by atoms with E-state index in [0.717, 1.165) is 49.3 Å². The highest BCUT2D eigenvalue weighted by molar-refractivity contribution is 7.61. The molecular formula is C56H83N3O16P2. The van der Waals surface area contributed by atoms with Gasteiger partial charge < -0.3 is 45.1 Å². The topological polar surface area (TPSA) is 286 Å². The third-order valence-corrected chi connectivity index (χ3v) is 13.4. The van der Waals surface area contributed by atoms with Gasteiger partial charge in [0, 0.05) is 19.0 Å². The lowest BCUT2D eigenvalue weighted by Crippen LogP contribution is -2.36. The maximum atomic E-state index is 12.9. The minimum Gasteiger partial charge on any atom is -0.462 e. The molecule has 428 valence electrons. The Balaban J connectivity index is 1.88. The highest BCUT2D eigenvalue weighted by atomic mass is 31.3. The Kier molecular flexibility index (Phi) is 37.0. The molecule has 0 amide bonds. The molecule has 21 heteroatoms. The van der Waals surface area contributed by atoms with Crippen molar-refractivity contribution in [2.24, 2.45) is 0 Å². The number of nitrogens with two attached hydrogens (primary N) is 1. The van der Waals surface area contributed by atoms with Gasteiger partial charge in [0.15, 0.2) is 12.3 Å². The van der Waals surface area contributed by atoms with Crippen LogP contribution < -0.4 is 11.4 Å². The van der Waals surface area contributed by atoms with E-state index >= 15 is 0 Å². The maximum Gasteiger partial charge on any atom is 0.481 e. The van der Waals surface area contributed by atoms with Crippen molar-refractivity contribution in [2.75, 3.05) is 25.6 Å². The van der Waals surface area contributed by atoms with E-state index < -0.39 is 89.8 Å². The van der Waals surface area contributed by atoms with Crippen molar-refractivity contribution < 1.29 is 71.4 Å². The van der Waals surface area contributed by atoms with Crippen molar-refractivity contribution in [3.8, 4) is 0 Å². The number of ether oxygens (including phenoxy) is 3. The van der Waals surface area contributed by atoms with Crippen LogP contribution in [0.5, 0.6) is 0 Å². The lowest BCUT2D eigenvalue weighted by Gasteiger charge is -2.21. The van der Waals surface area contributed by atoms with Crippen LogP contribution in [0.4, 0.5) is 5.82 Å². The molecule has 2 rings (SSSR count). The molecule has 8 atom stereocenters. The van der Waals surface area contributed by atoms with Crippen LogP contribution in [0.3, 0.4) is 0 Å². The normalized spacial score (nSPS) is 20.1. The van der Waals surface area contributed by atoms with Gasteiger partial charge >= 0.3 is 33.3 Å². The predicted octanol–water partition coefficient (Wildman–Crippen LogP) is 10.3. The summed E-state index contributed by atoms with van der Waals surface area (Å²) in [5.41, 5.74) is 4.57. The fourth-order valence-electron chi connectivity index (χ4n) is 6.76. The molecule has 1 aromatic rings. The molecule has 19 nitrogen and oxygen atoms in total. The van der Waals surface area contributed by atoms with Gasteiger partial charge in [-0.3, -0.25) is 23.2 Å². The summed E-state index contributed by atoms with van der Waals surface area (Å²) in [6.45, 7) is 1.78. The number of hydrogen-bond acceptors (Lipinski definition) is 16. The number of aromatic nitrogens is 2. The van der Waals surface area contributed by atoms with E-state index in [9.17, 15) is 48.6 Å². The largest absolute Gasteiger partial charge is 0.481 e. The van der Waals surface area contributed by atoms with E-state index in [1.165, 1.54) is 25.3 Å². The van der Waals surface area contributed by atoms with Crippen LogP contribution in [0.1, 0.15) is 129 Å². The summed E-state index contributed by atoms with van der Waals surface area (Å²) in [5.74, 6) is -1.55. The second kappa shape index (κ2) is 41.9. The first kappa shape index (κ1) is 68.0. The summed E-state index contributed by atoms with van der Waals surface area (Å²) in [7, 11) is -10.9. The summed E-state index contributed by atoms with van der Waals surface area (Å²) in [5, 5.41) is 31.0. The number of allylic oxidation sites excluding steroid dienone is 20. The Hall–Kier alpha value is -5.14. The van der Waals surface area contributed by atoms with Crippen molar-refractivity contribution in [3.05, 3.63) is 156 Å². The number of nitrogens with zero attached hydrogens (tertiary/aromatic N) is 2. The van der Waals surface area contributed by atoms with Crippen LogP contribution in [0, 0.1) is 0 Å². The van der Waals surface area contributed by atoms with Gasteiger partial charge in [-0.05, 0) is 89.5 Å². The Morgan fingerprint density at radius 1 is 0.701 bits per heavy atom. The van der Waals surface area contributed by atoms with Crippen molar-refractivity contribution in [3.63, 3.8) is 0 Å². The van der Waals surface area contributed by atoms with E-state index in [4.69, 9.17) is 29.0 Å². The molecule has 0 spiro atoms. The third-order valence-electron chi connectivity index (χ3n) is 10.8. The second-order valence-corrected chi connectivity index (χ2v) is 20.5. The van der Waals surface area contributed by atoms with Crippen LogP contribution >= 0.6 is 15.6 Å². The molecule has 1 fully saturated rings. The fourth-order valence-corrected chi connectivity index (χ4v) is 8.87. The molecule has 1 aromatic heterocycles. The van der Waals surface area contributed by atoms with Gasteiger partial charge in [0.05, 0.1) is 19.3 Å². The molecule has 3 unspecified atom stereocenters. The van der Waals surface area contributed by atoms with Gasteiger partial charge in [-0.2, -0.15) is 9.29 Å². The highest BCUT2D eigenvalue weighted by Crippen LogP contribution is 2.60. The quantitative estimate of drug-likeness (QED) is 0.0117. The molecule has 1 saturated heterocycles. The molecule has 1 aliphatic heterocycles. The van der Waals surface area contributed by atoms with Crippen LogP contribution in [0.15, 0.2) is 151 Å². The van der Waals surface area contributed by atoms with Gasteiger partial charge in [0.1, 0.15) is 30.7 Å². The molecule has 77 heavy (non-hydrogen) atoms. The number of anilines is 1. The summed E-state index contributed by atoms with van der Waals surface area (Å²) in [6.07, 6.45) is 48.7. The maximum absolute atomic E-state index is 12.9. The van der Waals surface area contributed by atoms with Crippen LogP contribution in [-0.4, -0.2) is 96.9 Å². The number of aliphatic hydroxyl groups excluding tert-OH is 3. The number of phosphoric ester groups is 2. The van der Waals surface area contributed by atoms with E-state index in [0.29, 0.717) is 32.1 Å². The molecule has 0 saturated carbocycles. The van der Waals surface area contributed by atoms with E-state index in [2.05, 4.69) is 71.8 Å². The van der Waals surface area contributed by atoms with Gasteiger partial charge in [0.25, 0.3) is 0 Å². The number of carbonyl (C=O) groups is 2. The number of aliphatic hydroxyl groups is 3. The summed E-state index contributed by atoms with van der Waals surface area (Å²) < 4.78 is 56.6. The molecule has 0 radical (unpaired) electrons. The summed E-state index contributed by atoms with van der Waals surface area (Å²) in [4.78, 5) is 61.9. The standard InChI is InChI=1S/C56H83N3O16P2/c1-3-5-7-9-11-12-13-14-15-16-17-18-19-20-21-26-29-33-37-41-52(62)73-48(44-70-51(61)40-36-32-28-25-23-22-24-27-31-35-39-47(60)38-34-30-10-8-6-4-2)45-71-76(66,67)75-77(68,69)72-46-49-53(63)54(64)55(74-49)59-43-42-50(57)58-56(59)65/h6,8,11-12,14-15,17-18,20-23,27-35,39,42-43,47-49,53-55,60,63-64H,3-5,7,9-10,13,16,19,24-26,36-38,40-41,44-46H2,1-2H3,(H,66,67)(H,68,69)(H2,57,58,65)/b8-6-,12-11-,15-14-,18-17-,21-20-,23-22-,31-27-,32-28-,33-29-,34-30-,39-35+/t47?,48-,49-,53-,54-,55-/m1/s1. The first-order chi connectivity index (χ1) is 37.1. The number of nitrogen functional groups attached to an aromatic ring is 1. The first-order valence-electron chi connectivity index (χ1n) is 26.3.